The number of carbonyl (C=O) groups excluding carboxylic acids is 1. The number of carboxylic acids is 1. The smallest absolute Gasteiger partial charge is 0.475 e. The largest absolute Gasteiger partial charge is 0.490 e. The number of hydrogen-bond acceptors (Lipinski definition) is 6. The van der Waals surface area contributed by atoms with E-state index < -0.39 is 27.6 Å². The molecule has 0 saturated heterocycles. The lowest BCUT2D eigenvalue weighted by atomic mass is 9.95. The number of ether oxygens (including phenoxy) is 1. The molecule has 8 nitrogen and oxygen atoms in total. The molecule has 0 atom stereocenters. The third-order valence-electron chi connectivity index (χ3n) is 4.52. The van der Waals surface area contributed by atoms with Crippen LogP contribution in [0.2, 0.25) is 0 Å². The molecular weight excluding hydrogens is 553 g/mol. The van der Waals surface area contributed by atoms with Crippen LogP contribution in [0, 0.1) is 0 Å². The van der Waals surface area contributed by atoms with Crippen LogP contribution in [-0.2, 0) is 29.8 Å². The summed E-state index contributed by atoms with van der Waals surface area (Å²) in [6.45, 7) is 0.951. The Bertz CT molecular complexity index is 1080. The Morgan fingerprint density at radius 3 is 2.18 bits per heavy atom. The summed E-state index contributed by atoms with van der Waals surface area (Å²) >= 11 is 4.41. The van der Waals surface area contributed by atoms with Crippen LogP contribution in [0.25, 0.3) is 0 Å². The Labute approximate surface area is 200 Å². The number of methoxy groups -OCH3 is 1. The van der Waals surface area contributed by atoms with Crippen LogP contribution >= 0.6 is 27.3 Å². The molecule has 2 aromatic rings. The lowest BCUT2D eigenvalue weighted by Crippen LogP contribution is -2.36. The van der Waals surface area contributed by atoms with E-state index in [0.29, 0.717) is 18.8 Å². The summed E-state index contributed by atoms with van der Waals surface area (Å²) in [6, 6.07) is 10.3. The number of carbonyl (C=O) groups is 2. The van der Waals surface area contributed by atoms with Gasteiger partial charge in [0, 0.05) is 19.3 Å². The molecular formula is C19H20BrF3N2O6S2. The molecule has 1 aromatic carbocycles. The topological polar surface area (TPSA) is 122 Å². The molecule has 1 saturated carbocycles. The number of amides is 1. The normalized spacial score (nSPS) is 14.6. The van der Waals surface area contributed by atoms with E-state index in [1.165, 1.54) is 0 Å². The van der Waals surface area contributed by atoms with Crippen molar-refractivity contribution in [3.8, 4) is 0 Å². The Balaban J connectivity index is 0.000000479. The van der Waals surface area contributed by atoms with Gasteiger partial charge in [-0.2, -0.15) is 13.2 Å². The first-order valence-corrected chi connectivity index (χ1v) is 12.4. The summed E-state index contributed by atoms with van der Waals surface area (Å²) in [5.41, 5.74) is 0.868. The minimum atomic E-state index is -5.08. The molecule has 182 valence electrons. The Kier molecular flexibility index (Phi) is 8.90. The molecule has 1 heterocycles. The molecule has 3 N–H and O–H groups in total. The SMILES string of the molecule is COCCNC(=O)C1(c2ccc(NS(=O)(=O)c3ccc(Br)s3)cc2)CC1.O=C(O)C(F)(F)F. The van der Waals surface area contributed by atoms with Crippen molar-refractivity contribution in [3.05, 3.63) is 45.7 Å². The molecule has 0 aliphatic heterocycles. The number of alkyl halides is 3. The van der Waals surface area contributed by atoms with E-state index >= 15 is 0 Å². The predicted octanol–water partition coefficient (Wildman–Crippen LogP) is 3.74. The van der Waals surface area contributed by atoms with Crippen LogP contribution in [0.3, 0.4) is 0 Å². The van der Waals surface area contributed by atoms with E-state index in [-0.39, 0.29) is 10.1 Å². The van der Waals surface area contributed by atoms with E-state index in [1.54, 1.807) is 31.4 Å². The van der Waals surface area contributed by atoms with Crippen molar-refractivity contribution in [2.75, 3.05) is 25.0 Å². The van der Waals surface area contributed by atoms with Crippen LogP contribution in [0.5, 0.6) is 0 Å². The van der Waals surface area contributed by atoms with Gasteiger partial charge in [0.2, 0.25) is 5.91 Å². The molecule has 0 radical (unpaired) electrons. The predicted molar refractivity (Wildman–Crippen MR) is 119 cm³/mol. The Morgan fingerprint density at radius 2 is 1.76 bits per heavy atom. The van der Waals surface area contributed by atoms with Crippen molar-refractivity contribution in [1.82, 2.24) is 5.32 Å². The zero-order chi connectivity index (χ0) is 24.9. The first-order chi connectivity index (χ1) is 15.3. The molecule has 0 spiro atoms. The highest BCUT2D eigenvalue weighted by Gasteiger charge is 2.51. The number of hydrogen-bond donors (Lipinski definition) is 3. The van der Waals surface area contributed by atoms with Gasteiger partial charge in [0.15, 0.2) is 0 Å². The van der Waals surface area contributed by atoms with E-state index in [4.69, 9.17) is 14.6 Å². The fourth-order valence-electron chi connectivity index (χ4n) is 2.71. The van der Waals surface area contributed by atoms with E-state index in [1.807, 2.05) is 12.1 Å². The quantitative estimate of drug-likeness (QED) is 0.414. The first-order valence-electron chi connectivity index (χ1n) is 9.28. The van der Waals surface area contributed by atoms with E-state index in [0.717, 1.165) is 33.5 Å². The van der Waals surface area contributed by atoms with Gasteiger partial charge < -0.3 is 15.2 Å². The maximum atomic E-state index is 12.4. The number of sulfonamides is 1. The second-order valence-electron chi connectivity index (χ2n) is 6.88. The Hall–Kier alpha value is -2.16. The van der Waals surface area contributed by atoms with Gasteiger partial charge in [0.1, 0.15) is 4.21 Å². The van der Waals surface area contributed by atoms with Crippen molar-refractivity contribution >= 4 is 54.9 Å². The molecule has 0 unspecified atom stereocenters. The van der Waals surface area contributed by atoms with Crippen LogP contribution < -0.4 is 10.0 Å². The van der Waals surface area contributed by atoms with Gasteiger partial charge in [0.05, 0.1) is 15.8 Å². The molecule has 1 aliphatic rings. The van der Waals surface area contributed by atoms with Gasteiger partial charge in [-0.15, -0.1) is 11.3 Å². The van der Waals surface area contributed by atoms with Gasteiger partial charge in [-0.3, -0.25) is 9.52 Å². The molecule has 3 rings (SSSR count). The third kappa shape index (κ3) is 7.42. The molecule has 1 aromatic heterocycles. The highest BCUT2D eigenvalue weighted by Crippen LogP contribution is 2.48. The van der Waals surface area contributed by atoms with E-state index in [9.17, 15) is 26.4 Å². The number of halogens is 4. The Morgan fingerprint density at radius 1 is 1.18 bits per heavy atom. The molecule has 33 heavy (non-hydrogen) atoms. The number of thiophene rings is 1. The molecule has 0 bridgehead atoms. The fourth-order valence-corrected chi connectivity index (χ4v) is 5.78. The van der Waals surface area contributed by atoms with Crippen molar-refractivity contribution in [2.24, 2.45) is 0 Å². The van der Waals surface area contributed by atoms with Gasteiger partial charge in [-0.25, -0.2) is 13.2 Å². The minimum Gasteiger partial charge on any atom is -0.475 e. The number of carboxylic acid groups (broad SMARTS) is 1. The molecule has 1 aliphatic carbocycles. The van der Waals surface area contributed by atoms with Crippen molar-refractivity contribution < 1.29 is 41.0 Å². The van der Waals surface area contributed by atoms with Crippen LogP contribution in [0.4, 0.5) is 18.9 Å². The van der Waals surface area contributed by atoms with Crippen molar-refractivity contribution in [3.63, 3.8) is 0 Å². The van der Waals surface area contributed by atoms with Gasteiger partial charge >= 0.3 is 12.1 Å². The lowest BCUT2D eigenvalue weighted by molar-refractivity contribution is -0.192. The minimum absolute atomic E-state index is 0.00804. The lowest BCUT2D eigenvalue weighted by Gasteiger charge is -2.16. The average molecular weight is 573 g/mol. The number of aliphatic carboxylic acids is 1. The number of benzene rings is 1. The van der Waals surface area contributed by atoms with Crippen LogP contribution in [0.15, 0.2) is 44.4 Å². The number of nitrogens with one attached hydrogen (secondary N) is 2. The first kappa shape index (κ1) is 27.1. The maximum Gasteiger partial charge on any atom is 0.490 e. The van der Waals surface area contributed by atoms with E-state index in [2.05, 4.69) is 26.0 Å². The number of anilines is 1. The van der Waals surface area contributed by atoms with Crippen molar-refractivity contribution in [1.29, 1.82) is 0 Å². The van der Waals surface area contributed by atoms with Crippen LogP contribution in [0.1, 0.15) is 18.4 Å². The van der Waals surface area contributed by atoms with Crippen molar-refractivity contribution in [2.45, 2.75) is 28.6 Å². The zero-order valence-corrected chi connectivity index (χ0v) is 20.3. The third-order valence-corrected chi connectivity index (χ3v) is 8.02. The second-order valence-corrected chi connectivity index (χ2v) is 11.2. The zero-order valence-electron chi connectivity index (χ0n) is 17.1. The second kappa shape index (κ2) is 10.8. The van der Waals surface area contributed by atoms with Gasteiger partial charge in [-0.1, -0.05) is 12.1 Å². The van der Waals surface area contributed by atoms with Crippen LogP contribution in [-0.4, -0.2) is 51.8 Å². The standard InChI is InChI=1S/C17H19BrN2O4S2.C2HF3O2/c1-24-11-10-19-16(21)17(8-9-17)12-2-4-13(5-3-12)20-26(22,23)15-7-6-14(18)25-15;3-2(4,5)1(6)7/h2-7,20H,8-11H2,1H3,(H,19,21);(H,6,7). The van der Waals surface area contributed by atoms with Gasteiger partial charge in [-0.05, 0) is 58.6 Å². The fraction of sp³-hybridized carbons (Fsp3) is 0.368. The summed E-state index contributed by atoms with van der Waals surface area (Å²) in [4.78, 5) is 21.3. The van der Waals surface area contributed by atoms with Gasteiger partial charge in [0.25, 0.3) is 10.0 Å². The molecule has 14 heteroatoms. The summed E-state index contributed by atoms with van der Waals surface area (Å²) in [6.07, 6.45) is -3.50. The summed E-state index contributed by atoms with van der Waals surface area (Å²) in [5.74, 6) is -2.76. The summed E-state index contributed by atoms with van der Waals surface area (Å²) in [5, 5.41) is 10.0. The summed E-state index contributed by atoms with van der Waals surface area (Å²) in [7, 11) is -2.02. The molecule has 1 fully saturated rings. The monoisotopic (exact) mass is 572 g/mol. The molecule has 1 amide bonds. The summed E-state index contributed by atoms with van der Waals surface area (Å²) < 4.78 is 65.0. The number of rotatable bonds is 8. The maximum absolute atomic E-state index is 12.4. The highest BCUT2D eigenvalue weighted by molar-refractivity contribution is 9.11. The highest BCUT2D eigenvalue weighted by atomic mass is 79.9. The average Bonchev–Trinajstić information content (AvgIpc) is 3.42.